The monoisotopic (exact) mass is 341 g/mol. The van der Waals surface area contributed by atoms with Crippen molar-refractivity contribution in [2.75, 3.05) is 32.8 Å². The molecule has 2 heterocycles. The first-order valence-corrected chi connectivity index (χ1v) is 7.21. The Morgan fingerprint density at radius 1 is 1.35 bits per heavy atom. The number of hydrogen-bond donors (Lipinski definition) is 1. The van der Waals surface area contributed by atoms with E-state index in [2.05, 4.69) is 26.2 Å². The Hall–Kier alpha value is -1.47. The summed E-state index contributed by atoms with van der Waals surface area (Å²) >= 11 is 3.21. The second-order valence-corrected chi connectivity index (χ2v) is 5.18. The van der Waals surface area contributed by atoms with Crippen molar-refractivity contribution in [1.82, 2.24) is 15.2 Å². The highest BCUT2D eigenvalue weighted by molar-refractivity contribution is 9.10. The molecule has 0 unspecified atom stereocenters. The molecular weight excluding hydrogens is 326 g/mol. The molecule has 1 fully saturated rings. The molecule has 20 heavy (non-hydrogen) atoms. The van der Waals surface area contributed by atoms with E-state index in [0.29, 0.717) is 49.4 Å². The van der Waals surface area contributed by atoms with Gasteiger partial charge in [0, 0.05) is 32.3 Å². The van der Waals surface area contributed by atoms with Crippen LogP contribution in [0, 0.1) is 0 Å². The van der Waals surface area contributed by atoms with Gasteiger partial charge in [-0.15, -0.1) is 0 Å². The van der Waals surface area contributed by atoms with Crippen LogP contribution in [0.1, 0.15) is 16.8 Å². The number of ether oxygens (including phenoxy) is 1. The molecule has 2 rings (SSSR count). The third-order valence-corrected chi connectivity index (χ3v) is 3.45. The number of halogens is 1. The van der Waals surface area contributed by atoms with Crippen LogP contribution >= 0.6 is 15.9 Å². The van der Waals surface area contributed by atoms with E-state index in [-0.39, 0.29) is 11.8 Å². The van der Waals surface area contributed by atoms with Crippen molar-refractivity contribution >= 4 is 27.7 Å². The minimum Gasteiger partial charge on any atom is -0.378 e. The zero-order valence-corrected chi connectivity index (χ0v) is 12.6. The number of nitrogens with one attached hydrogen (secondary N) is 1. The van der Waals surface area contributed by atoms with E-state index in [1.54, 1.807) is 17.0 Å². The summed E-state index contributed by atoms with van der Waals surface area (Å²) in [6, 6.07) is 3.38. The lowest BCUT2D eigenvalue weighted by molar-refractivity contribution is -0.135. The molecule has 0 aliphatic carbocycles. The van der Waals surface area contributed by atoms with Gasteiger partial charge in [-0.2, -0.15) is 0 Å². The van der Waals surface area contributed by atoms with Crippen molar-refractivity contribution in [3.63, 3.8) is 0 Å². The zero-order valence-electron chi connectivity index (χ0n) is 11.0. The topological polar surface area (TPSA) is 71.5 Å². The van der Waals surface area contributed by atoms with Crippen molar-refractivity contribution < 1.29 is 14.3 Å². The maximum atomic E-state index is 11.9. The fourth-order valence-electron chi connectivity index (χ4n) is 1.87. The minimum absolute atomic E-state index is 0.0440. The fourth-order valence-corrected chi connectivity index (χ4v) is 2.10. The normalized spacial score (nSPS) is 14.9. The molecule has 1 aromatic heterocycles. The smallest absolute Gasteiger partial charge is 0.252 e. The summed E-state index contributed by atoms with van der Waals surface area (Å²) in [7, 11) is 0. The number of pyridine rings is 1. The largest absolute Gasteiger partial charge is 0.378 e. The number of hydrogen-bond acceptors (Lipinski definition) is 4. The van der Waals surface area contributed by atoms with Crippen LogP contribution in [0.2, 0.25) is 0 Å². The highest BCUT2D eigenvalue weighted by Gasteiger charge is 2.16. The van der Waals surface area contributed by atoms with Gasteiger partial charge in [0.25, 0.3) is 5.91 Å². The van der Waals surface area contributed by atoms with Gasteiger partial charge in [-0.1, -0.05) is 0 Å². The lowest BCUT2D eigenvalue weighted by Crippen LogP contribution is -2.42. The fraction of sp³-hybridized carbons (Fsp3) is 0.462. The van der Waals surface area contributed by atoms with Crippen molar-refractivity contribution in [2.45, 2.75) is 6.42 Å². The molecule has 1 aliphatic rings. The Balaban J connectivity index is 1.73. The summed E-state index contributed by atoms with van der Waals surface area (Å²) in [5, 5.41) is 2.72. The van der Waals surface area contributed by atoms with Crippen LogP contribution in [0.15, 0.2) is 22.9 Å². The molecule has 1 N–H and O–H groups in total. The quantitative estimate of drug-likeness (QED) is 0.823. The van der Waals surface area contributed by atoms with E-state index in [0.717, 1.165) is 0 Å². The Morgan fingerprint density at radius 2 is 2.10 bits per heavy atom. The molecule has 6 nitrogen and oxygen atoms in total. The standard InChI is InChI=1S/C13H16BrN3O3/c14-11-2-1-10(9-16-11)13(19)15-4-3-12(18)17-5-7-20-8-6-17/h1-2,9H,3-8H2,(H,15,19). The number of aromatic nitrogens is 1. The molecule has 1 saturated heterocycles. The van der Waals surface area contributed by atoms with Crippen LogP contribution in [0.25, 0.3) is 0 Å². The van der Waals surface area contributed by atoms with E-state index in [4.69, 9.17) is 4.74 Å². The maximum absolute atomic E-state index is 11.9. The van der Waals surface area contributed by atoms with Crippen molar-refractivity contribution in [3.05, 3.63) is 28.5 Å². The summed E-state index contributed by atoms with van der Waals surface area (Å²) < 4.78 is 5.86. The minimum atomic E-state index is -0.222. The highest BCUT2D eigenvalue weighted by atomic mass is 79.9. The first kappa shape index (κ1) is 14.9. The maximum Gasteiger partial charge on any atom is 0.252 e. The van der Waals surface area contributed by atoms with Gasteiger partial charge >= 0.3 is 0 Å². The number of amides is 2. The average molecular weight is 342 g/mol. The molecule has 7 heteroatoms. The van der Waals surface area contributed by atoms with Gasteiger partial charge in [0.15, 0.2) is 0 Å². The molecule has 2 amide bonds. The molecule has 1 aromatic rings. The highest BCUT2D eigenvalue weighted by Crippen LogP contribution is 2.06. The lowest BCUT2D eigenvalue weighted by Gasteiger charge is -2.26. The van der Waals surface area contributed by atoms with Gasteiger partial charge in [-0.3, -0.25) is 9.59 Å². The van der Waals surface area contributed by atoms with Gasteiger partial charge in [-0.05, 0) is 28.1 Å². The Morgan fingerprint density at radius 3 is 2.75 bits per heavy atom. The second kappa shape index (κ2) is 7.35. The first-order valence-electron chi connectivity index (χ1n) is 6.42. The molecule has 1 aliphatic heterocycles. The molecule has 0 spiro atoms. The molecule has 0 radical (unpaired) electrons. The summed E-state index contributed by atoms with van der Waals surface area (Å²) in [6.45, 7) is 2.75. The molecule has 0 saturated carbocycles. The van der Waals surface area contributed by atoms with E-state index in [1.807, 2.05) is 0 Å². The number of carbonyl (C=O) groups is 2. The van der Waals surface area contributed by atoms with Gasteiger partial charge < -0.3 is 15.0 Å². The van der Waals surface area contributed by atoms with Gasteiger partial charge in [0.05, 0.1) is 18.8 Å². The number of morpholine rings is 1. The van der Waals surface area contributed by atoms with Crippen molar-refractivity contribution in [3.8, 4) is 0 Å². The summed E-state index contributed by atoms with van der Waals surface area (Å²) in [5.74, 6) is -0.178. The van der Waals surface area contributed by atoms with Crippen LogP contribution in [0.3, 0.4) is 0 Å². The van der Waals surface area contributed by atoms with Gasteiger partial charge in [0.2, 0.25) is 5.91 Å². The Bertz CT molecular complexity index is 472. The third kappa shape index (κ3) is 4.28. The van der Waals surface area contributed by atoms with Crippen LogP contribution in [-0.4, -0.2) is 54.5 Å². The zero-order chi connectivity index (χ0) is 14.4. The van der Waals surface area contributed by atoms with Gasteiger partial charge in [-0.25, -0.2) is 4.98 Å². The predicted octanol–water partition coefficient (Wildman–Crippen LogP) is 0.823. The predicted molar refractivity (Wildman–Crippen MR) is 76.3 cm³/mol. The summed E-state index contributed by atoms with van der Waals surface area (Å²) in [5.41, 5.74) is 0.479. The second-order valence-electron chi connectivity index (χ2n) is 4.37. The third-order valence-electron chi connectivity index (χ3n) is 2.98. The van der Waals surface area contributed by atoms with Crippen molar-refractivity contribution in [2.24, 2.45) is 0 Å². The molecule has 0 aromatic carbocycles. The number of rotatable bonds is 4. The van der Waals surface area contributed by atoms with E-state index in [9.17, 15) is 9.59 Å². The SMILES string of the molecule is O=C(NCCC(=O)N1CCOCC1)c1ccc(Br)nc1. The molecule has 0 bridgehead atoms. The molecule has 0 atom stereocenters. The summed E-state index contributed by atoms with van der Waals surface area (Å²) in [6.07, 6.45) is 1.79. The van der Waals surface area contributed by atoms with Crippen molar-refractivity contribution in [1.29, 1.82) is 0 Å². The van der Waals surface area contributed by atoms with Crippen LogP contribution in [0.5, 0.6) is 0 Å². The van der Waals surface area contributed by atoms with E-state index < -0.39 is 0 Å². The molecular formula is C13H16BrN3O3. The number of nitrogens with zero attached hydrogens (tertiary/aromatic N) is 2. The summed E-state index contributed by atoms with van der Waals surface area (Å²) in [4.78, 5) is 29.4. The average Bonchev–Trinajstić information content (AvgIpc) is 2.48. The van der Waals surface area contributed by atoms with Crippen LogP contribution in [0.4, 0.5) is 0 Å². The lowest BCUT2D eigenvalue weighted by atomic mass is 10.2. The van der Waals surface area contributed by atoms with Crippen LogP contribution < -0.4 is 5.32 Å². The van der Waals surface area contributed by atoms with E-state index >= 15 is 0 Å². The van der Waals surface area contributed by atoms with E-state index in [1.165, 1.54) is 6.20 Å². The molecule has 108 valence electrons. The Labute approximate surface area is 125 Å². The number of carbonyl (C=O) groups excluding carboxylic acids is 2. The van der Waals surface area contributed by atoms with Gasteiger partial charge in [0.1, 0.15) is 4.60 Å². The van der Waals surface area contributed by atoms with Crippen LogP contribution in [-0.2, 0) is 9.53 Å². The first-order chi connectivity index (χ1) is 9.66. The Kier molecular flexibility index (Phi) is 5.49.